The molecular formula is C16H12BrClN2O2S. The van der Waals surface area contributed by atoms with E-state index in [-0.39, 0.29) is 12.5 Å². The molecule has 0 aliphatic carbocycles. The summed E-state index contributed by atoms with van der Waals surface area (Å²) >= 11 is 10.7. The summed E-state index contributed by atoms with van der Waals surface area (Å²) in [4.78, 5) is 16.5. The predicted molar refractivity (Wildman–Crippen MR) is 97.6 cm³/mol. The Balaban J connectivity index is 1.65. The van der Waals surface area contributed by atoms with Gasteiger partial charge in [-0.2, -0.15) is 0 Å². The summed E-state index contributed by atoms with van der Waals surface area (Å²) in [7, 11) is 0. The van der Waals surface area contributed by atoms with Crippen LogP contribution in [0.4, 0.5) is 5.13 Å². The molecule has 1 N–H and O–H groups in total. The topological polar surface area (TPSA) is 51.2 Å². The molecule has 0 saturated carbocycles. The molecule has 3 aromatic rings. The number of carbonyl (C=O) groups is 1. The van der Waals surface area contributed by atoms with Gasteiger partial charge in [0, 0.05) is 5.02 Å². The van der Waals surface area contributed by atoms with Gasteiger partial charge in [-0.25, -0.2) is 4.98 Å². The first-order valence-corrected chi connectivity index (χ1v) is 8.75. The molecule has 2 aromatic carbocycles. The number of aromatic nitrogens is 1. The fraction of sp³-hybridized carbons (Fsp3) is 0.125. The molecule has 0 unspecified atom stereocenters. The van der Waals surface area contributed by atoms with Gasteiger partial charge in [0.1, 0.15) is 5.75 Å². The zero-order chi connectivity index (χ0) is 16.4. The Hall–Kier alpha value is -1.63. The van der Waals surface area contributed by atoms with Crippen LogP contribution in [0.25, 0.3) is 10.2 Å². The van der Waals surface area contributed by atoms with Crippen LogP contribution < -0.4 is 10.1 Å². The van der Waals surface area contributed by atoms with Gasteiger partial charge in [-0.3, -0.25) is 10.1 Å². The van der Waals surface area contributed by atoms with Crippen molar-refractivity contribution in [2.75, 3.05) is 11.9 Å². The molecule has 23 heavy (non-hydrogen) atoms. The quantitative estimate of drug-likeness (QED) is 0.654. The Morgan fingerprint density at radius 3 is 2.96 bits per heavy atom. The highest BCUT2D eigenvalue weighted by Gasteiger charge is 2.10. The van der Waals surface area contributed by atoms with Gasteiger partial charge in [0.15, 0.2) is 11.7 Å². The number of halogens is 2. The van der Waals surface area contributed by atoms with Gasteiger partial charge >= 0.3 is 0 Å². The van der Waals surface area contributed by atoms with Gasteiger partial charge in [0.05, 0.1) is 14.7 Å². The number of hydrogen-bond acceptors (Lipinski definition) is 4. The summed E-state index contributed by atoms with van der Waals surface area (Å²) < 4.78 is 7.23. The molecule has 0 bridgehead atoms. The average Bonchev–Trinajstić information content (AvgIpc) is 2.90. The normalized spacial score (nSPS) is 10.7. The number of fused-ring (bicyclic) bond motifs is 1. The molecule has 118 valence electrons. The third-order valence-corrected chi connectivity index (χ3v) is 4.91. The van der Waals surface area contributed by atoms with Crippen molar-refractivity contribution in [2.24, 2.45) is 0 Å². The highest BCUT2D eigenvalue weighted by Crippen LogP contribution is 2.29. The number of nitrogens with one attached hydrogen (secondary N) is 1. The van der Waals surface area contributed by atoms with Crippen LogP contribution in [0.15, 0.2) is 40.9 Å². The zero-order valence-electron chi connectivity index (χ0n) is 12.1. The van der Waals surface area contributed by atoms with Crippen LogP contribution in [-0.2, 0) is 4.79 Å². The summed E-state index contributed by atoms with van der Waals surface area (Å²) in [6.45, 7) is 1.89. The number of amides is 1. The first kappa shape index (κ1) is 16.2. The van der Waals surface area contributed by atoms with Crippen molar-refractivity contribution in [3.8, 4) is 5.75 Å². The van der Waals surface area contributed by atoms with Crippen LogP contribution in [-0.4, -0.2) is 17.5 Å². The van der Waals surface area contributed by atoms with Crippen molar-refractivity contribution in [1.29, 1.82) is 0 Å². The maximum absolute atomic E-state index is 12.0. The van der Waals surface area contributed by atoms with Gasteiger partial charge < -0.3 is 4.74 Å². The van der Waals surface area contributed by atoms with Crippen LogP contribution in [0.1, 0.15) is 5.56 Å². The number of para-hydroxylation sites is 1. The van der Waals surface area contributed by atoms with E-state index < -0.39 is 0 Å². The minimum atomic E-state index is -0.261. The molecule has 0 aliphatic heterocycles. The number of aryl methyl sites for hydroxylation is 1. The minimum Gasteiger partial charge on any atom is -0.483 e. The van der Waals surface area contributed by atoms with E-state index in [0.29, 0.717) is 20.4 Å². The zero-order valence-corrected chi connectivity index (χ0v) is 15.3. The fourth-order valence-electron chi connectivity index (χ4n) is 2.03. The van der Waals surface area contributed by atoms with Crippen molar-refractivity contribution in [1.82, 2.24) is 4.98 Å². The molecule has 0 atom stereocenters. The number of nitrogens with zero attached hydrogens (tertiary/aromatic N) is 1. The van der Waals surface area contributed by atoms with Gasteiger partial charge in [-0.1, -0.05) is 35.1 Å². The van der Waals surface area contributed by atoms with Crippen LogP contribution in [0.3, 0.4) is 0 Å². The van der Waals surface area contributed by atoms with E-state index in [0.717, 1.165) is 15.8 Å². The van der Waals surface area contributed by atoms with E-state index in [1.807, 2.05) is 25.1 Å². The SMILES string of the molecule is Cc1cccc2sc(NC(=O)COc3ccc(Cl)cc3Br)nc12. The molecule has 0 spiro atoms. The first-order valence-electron chi connectivity index (χ1n) is 6.77. The van der Waals surface area contributed by atoms with Crippen LogP contribution >= 0.6 is 38.9 Å². The van der Waals surface area contributed by atoms with E-state index in [1.165, 1.54) is 11.3 Å². The summed E-state index contributed by atoms with van der Waals surface area (Å²) in [5.74, 6) is 0.299. The summed E-state index contributed by atoms with van der Waals surface area (Å²) in [6, 6.07) is 11.1. The standard InChI is InChI=1S/C16H12BrClN2O2S/c1-9-3-2-4-13-15(9)20-16(23-13)19-14(21)8-22-12-6-5-10(18)7-11(12)17/h2-7H,8H2,1H3,(H,19,20,21). The van der Waals surface area contributed by atoms with E-state index in [9.17, 15) is 4.79 Å². The maximum atomic E-state index is 12.0. The second kappa shape index (κ2) is 6.86. The molecule has 1 amide bonds. The monoisotopic (exact) mass is 410 g/mol. The highest BCUT2D eigenvalue weighted by atomic mass is 79.9. The van der Waals surface area contributed by atoms with Crippen LogP contribution in [0, 0.1) is 6.92 Å². The maximum Gasteiger partial charge on any atom is 0.264 e. The molecule has 0 aliphatic rings. The lowest BCUT2D eigenvalue weighted by Gasteiger charge is -2.07. The lowest BCUT2D eigenvalue weighted by Crippen LogP contribution is -2.20. The number of hydrogen-bond donors (Lipinski definition) is 1. The molecular weight excluding hydrogens is 400 g/mol. The summed E-state index contributed by atoms with van der Waals surface area (Å²) in [5.41, 5.74) is 2.00. The predicted octanol–water partition coefficient (Wildman–Crippen LogP) is 5.04. The second-order valence-electron chi connectivity index (χ2n) is 4.85. The molecule has 4 nitrogen and oxygen atoms in total. The molecule has 1 aromatic heterocycles. The number of thiazole rings is 1. The van der Waals surface area contributed by atoms with Gasteiger partial charge in [0.25, 0.3) is 5.91 Å². The highest BCUT2D eigenvalue weighted by molar-refractivity contribution is 9.10. The number of benzene rings is 2. The Morgan fingerprint density at radius 1 is 1.39 bits per heavy atom. The van der Waals surface area contributed by atoms with E-state index in [2.05, 4.69) is 26.2 Å². The molecule has 3 rings (SSSR count). The van der Waals surface area contributed by atoms with Gasteiger partial charge in [-0.05, 0) is 52.7 Å². The van der Waals surface area contributed by atoms with Crippen LogP contribution in [0.2, 0.25) is 5.02 Å². The average molecular weight is 412 g/mol. The van der Waals surface area contributed by atoms with Crippen molar-refractivity contribution in [3.63, 3.8) is 0 Å². The Morgan fingerprint density at radius 2 is 2.22 bits per heavy atom. The van der Waals surface area contributed by atoms with Crippen molar-refractivity contribution in [2.45, 2.75) is 6.92 Å². The number of anilines is 1. The number of carbonyl (C=O) groups excluding carboxylic acids is 1. The molecule has 1 heterocycles. The second-order valence-corrected chi connectivity index (χ2v) is 7.17. The summed E-state index contributed by atoms with van der Waals surface area (Å²) in [5, 5.41) is 3.93. The van der Waals surface area contributed by atoms with Gasteiger partial charge in [-0.15, -0.1) is 0 Å². The molecule has 0 saturated heterocycles. The van der Waals surface area contributed by atoms with E-state index in [1.54, 1.807) is 18.2 Å². The van der Waals surface area contributed by atoms with E-state index in [4.69, 9.17) is 16.3 Å². The molecule has 0 fully saturated rings. The molecule has 0 radical (unpaired) electrons. The Labute approximate surface area is 150 Å². The lowest BCUT2D eigenvalue weighted by molar-refractivity contribution is -0.118. The lowest BCUT2D eigenvalue weighted by atomic mass is 10.2. The van der Waals surface area contributed by atoms with Crippen molar-refractivity contribution < 1.29 is 9.53 Å². The number of rotatable bonds is 4. The van der Waals surface area contributed by atoms with Crippen LogP contribution in [0.5, 0.6) is 5.75 Å². The van der Waals surface area contributed by atoms with Crippen molar-refractivity contribution >= 4 is 60.1 Å². The third-order valence-electron chi connectivity index (χ3n) is 3.12. The van der Waals surface area contributed by atoms with Crippen molar-refractivity contribution in [3.05, 3.63) is 51.5 Å². The fourth-order valence-corrected chi connectivity index (χ4v) is 3.79. The smallest absolute Gasteiger partial charge is 0.264 e. The minimum absolute atomic E-state index is 0.102. The Kier molecular flexibility index (Phi) is 4.84. The largest absolute Gasteiger partial charge is 0.483 e. The summed E-state index contributed by atoms with van der Waals surface area (Å²) in [6.07, 6.45) is 0. The number of ether oxygens (including phenoxy) is 1. The molecule has 7 heteroatoms. The van der Waals surface area contributed by atoms with E-state index >= 15 is 0 Å². The first-order chi connectivity index (χ1) is 11.0. The third kappa shape index (κ3) is 3.83. The Bertz CT molecular complexity index is 882. The van der Waals surface area contributed by atoms with Gasteiger partial charge in [0.2, 0.25) is 0 Å².